The van der Waals surface area contributed by atoms with Crippen LogP contribution in [-0.2, 0) is 19.0 Å². The molecular weight excluding hydrogens is 654 g/mol. The summed E-state index contributed by atoms with van der Waals surface area (Å²) < 4.78 is 22.4. The van der Waals surface area contributed by atoms with Gasteiger partial charge in [0, 0.05) is 44.1 Å². The number of anilines is 1. The Bertz CT molecular complexity index is 1510. The molecule has 276 valence electrons. The van der Waals surface area contributed by atoms with E-state index in [4.69, 9.17) is 34.9 Å². The fourth-order valence-electron chi connectivity index (χ4n) is 4.77. The maximum atomic E-state index is 13.1. The SMILES string of the molecule is C[C@@H](NC(=O)c1cccc(NCC(=N)N(C)C(=N)c2ccncn2)c1)c1cccc(OCCCCCCOCCOCCOCCCC(=O)O)c1. The fraction of sp³-hybridized carbons (Fsp3) is 0.459. The van der Waals surface area contributed by atoms with Crippen LogP contribution in [0.2, 0.25) is 0 Å². The van der Waals surface area contributed by atoms with E-state index in [9.17, 15) is 9.59 Å². The molecular formula is C37H51N7O7. The standard InChI is InChI=1S/C37H51N7O7/c1-28(43-37(47)30-11-7-12-31(24-30)41-26-34(38)44(2)36(39)33-15-16-40-27-42-33)29-10-8-13-32(25-29)51-19-6-4-3-5-17-48-20-22-50-23-21-49-18-9-14-35(45)46/h7-8,10-13,15-16,24-25,27-28,38-39,41H,3-6,9,14,17-23,26H2,1-2H3,(H,43,47)(H,45,46)/t28-/m1/s1. The number of amidine groups is 2. The topological polar surface area (TPSA) is 192 Å². The molecule has 14 nitrogen and oxygen atoms in total. The summed E-state index contributed by atoms with van der Waals surface area (Å²) in [5.41, 5.74) is 2.52. The highest BCUT2D eigenvalue weighted by molar-refractivity contribution is 6.06. The number of nitrogens with zero attached hydrogens (tertiary/aromatic N) is 3. The first-order chi connectivity index (χ1) is 24.7. The molecule has 0 bridgehead atoms. The minimum Gasteiger partial charge on any atom is -0.494 e. The third kappa shape index (κ3) is 16.1. The average Bonchev–Trinajstić information content (AvgIpc) is 3.14. The number of hydrogen-bond acceptors (Lipinski definition) is 11. The number of likely N-dealkylation sites (N-methyl/N-ethyl adjacent to an activating group) is 1. The van der Waals surface area contributed by atoms with Gasteiger partial charge < -0.3 is 39.6 Å². The highest BCUT2D eigenvalue weighted by Crippen LogP contribution is 2.21. The highest BCUT2D eigenvalue weighted by Gasteiger charge is 2.15. The van der Waals surface area contributed by atoms with E-state index < -0.39 is 5.97 Å². The number of amides is 1. The Balaban J connectivity index is 1.27. The van der Waals surface area contributed by atoms with Crippen molar-refractivity contribution in [2.75, 3.05) is 65.2 Å². The molecule has 1 atom stereocenters. The third-order valence-electron chi connectivity index (χ3n) is 7.73. The molecule has 0 saturated heterocycles. The van der Waals surface area contributed by atoms with Crippen molar-refractivity contribution in [3.63, 3.8) is 0 Å². The Morgan fingerprint density at radius 1 is 0.863 bits per heavy atom. The molecule has 0 unspecified atom stereocenters. The van der Waals surface area contributed by atoms with Gasteiger partial charge in [-0.15, -0.1) is 0 Å². The number of carboxylic acids is 1. The number of ether oxygens (including phenoxy) is 4. The summed E-state index contributed by atoms with van der Waals surface area (Å²) in [4.78, 5) is 32.9. The van der Waals surface area contributed by atoms with E-state index in [1.807, 2.05) is 37.3 Å². The van der Waals surface area contributed by atoms with Crippen LogP contribution in [0.15, 0.2) is 67.1 Å². The molecule has 0 saturated carbocycles. The van der Waals surface area contributed by atoms with Gasteiger partial charge in [0.1, 0.15) is 23.6 Å². The van der Waals surface area contributed by atoms with Crippen molar-refractivity contribution in [1.29, 1.82) is 10.8 Å². The normalized spacial score (nSPS) is 11.4. The van der Waals surface area contributed by atoms with Crippen LogP contribution in [-0.4, -0.2) is 103 Å². The van der Waals surface area contributed by atoms with E-state index in [2.05, 4.69) is 20.6 Å². The van der Waals surface area contributed by atoms with Gasteiger partial charge >= 0.3 is 5.97 Å². The van der Waals surface area contributed by atoms with Crippen molar-refractivity contribution in [2.45, 2.75) is 51.5 Å². The van der Waals surface area contributed by atoms with Crippen LogP contribution < -0.4 is 15.4 Å². The van der Waals surface area contributed by atoms with E-state index in [1.54, 1.807) is 37.5 Å². The first-order valence-corrected chi connectivity index (χ1v) is 17.2. The molecule has 0 fully saturated rings. The van der Waals surface area contributed by atoms with Gasteiger partial charge in [0.05, 0.1) is 45.6 Å². The second-order valence-corrected chi connectivity index (χ2v) is 11.7. The Kier molecular flexibility index (Phi) is 18.6. The minimum absolute atomic E-state index is 0.0888. The monoisotopic (exact) mass is 705 g/mol. The zero-order valence-electron chi connectivity index (χ0n) is 29.6. The lowest BCUT2D eigenvalue weighted by atomic mass is 10.1. The molecule has 0 aliphatic rings. The molecule has 0 spiro atoms. The summed E-state index contributed by atoms with van der Waals surface area (Å²) in [7, 11) is 1.64. The van der Waals surface area contributed by atoms with Gasteiger partial charge in [-0.3, -0.25) is 20.4 Å². The molecule has 2 aromatic carbocycles. The highest BCUT2D eigenvalue weighted by atomic mass is 16.5. The Morgan fingerprint density at radius 3 is 2.25 bits per heavy atom. The largest absolute Gasteiger partial charge is 0.494 e. The summed E-state index contributed by atoms with van der Waals surface area (Å²) >= 11 is 0. The number of benzene rings is 2. The number of carboxylic acid groups (broad SMARTS) is 1. The number of aromatic nitrogens is 2. The maximum Gasteiger partial charge on any atom is 0.303 e. The molecule has 1 aromatic heterocycles. The van der Waals surface area contributed by atoms with Gasteiger partial charge in [-0.1, -0.05) is 24.6 Å². The zero-order valence-corrected chi connectivity index (χ0v) is 29.6. The number of carbonyl (C=O) groups is 2. The summed E-state index contributed by atoms with van der Waals surface area (Å²) in [5, 5.41) is 31.5. The predicted molar refractivity (Wildman–Crippen MR) is 195 cm³/mol. The van der Waals surface area contributed by atoms with Crippen molar-refractivity contribution in [3.8, 4) is 5.75 Å². The molecule has 3 rings (SSSR count). The lowest BCUT2D eigenvalue weighted by Gasteiger charge is -2.21. The van der Waals surface area contributed by atoms with E-state index in [0.717, 1.165) is 37.0 Å². The lowest BCUT2D eigenvalue weighted by Crippen LogP contribution is -2.37. The van der Waals surface area contributed by atoms with Crippen LogP contribution in [0, 0.1) is 10.8 Å². The molecule has 1 heterocycles. The van der Waals surface area contributed by atoms with E-state index in [1.165, 1.54) is 11.2 Å². The Hall–Kier alpha value is -4.92. The van der Waals surface area contributed by atoms with Gasteiger partial charge in [0.2, 0.25) is 0 Å². The maximum absolute atomic E-state index is 13.1. The smallest absolute Gasteiger partial charge is 0.303 e. The number of hydrogen-bond donors (Lipinski definition) is 5. The molecule has 0 aliphatic carbocycles. The average molecular weight is 706 g/mol. The number of nitrogens with one attached hydrogen (secondary N) is 4. The minimum atomic E-state index is -0.812. The molecule has 0 aliphatic heterocycles. The first kappa shape index (κ1) is 40.5. The van der Waals surface area contributed by atoms with Crippen LogP contribution in [0.25, 0.3) is 0 Å². The Labute approximate surface area is 299 Å². The van der Waals surface area contributed by atoms with Crippen LogP contribution in [0.3, 0.4) is 0 Å². The predicted octanol–water partition coefficient (Wildman–Crippen LogP) is 5.17. The second-order valence-electron chi connectivity index (χ2n) is 11.7. The summed E-state index contributed by atoms with van der Waals surface area (Å²) in [6.45, 7) is 5.75. The van der Waals surface area contributed by atoms with E-state index in [-0.39, 0.29) is 36.6 Å². The number of aliphatic carboxylic acids is 1. The van der Waals surface area contributed by atoms with E-state index >= 15 is 0 Å². The molecule has 3 aromatic rings. The number of rotatable bonds is 25. The van der Waals surface area contributed by atoms with Crippen LogP contribution in [0.1, 0.15) is 73.1 Å². The van der Waals surface area contributed by atoms with E-state index in [0.29, 0.717) is 69.6 Å². The van der Waals surface area contributed by atoms with Crippen molar-refractivity contribution in [1.82, 2.24) is 20.2 Å². The summed E-state index contributed by atoms with van der Waals surface area (Å²) in [6, 6.07) is 16.2. The molecule has 1 amide bonds. The summed E-state index contributed by atoms with van der Waals surface area (Å²) in [6.07, 6.45) is 7.51. The van der Waals surface area contributed by atoms with Crippen LogP contribution in [0.4, 0.5) is 5.69 Å². The molecule has 5 N–H and O–H groups in total. The quantitative estimate of drug-likeness (QED) is 0.0444. The molecule has 0 radical (unpaired) electrons. The molecule has 14 heteroatoms. The Morgan fingerprint density at radius 2 is 1.55 bits per heavy atom. The lowest BCUT2D eigenvalue weighted by molar-refractivity contribution is -0.137. The number of unbranched alkanes of at least 4 members (excludes halogenated alkanes) is 3. The van der Waals surface area contributed by atoms with Gasteiger partial charge in [0.15, 0.2) is 5.84 Å². The molecule has 51 heavy (non-hydrogen) atoms. The number of carbonyl (C=O) groups excluding carboxylic acids is 1. The zero-order chi connectivity index (χ0) is 36.7. The van der Waals surface area contributed by atoms with Crippen molar-refractivity contribution >= 4 is 29.2 Å². The van der Waals surface area contributed by atoms with Crippen molar-refractivity contribution < 1.29 is 33.6 Å². The van der Waals surface area contributed by atoms with Crippen molar-refractivity contribution in [2.24, 2.45) is 0 Å². The second kappa shape index (κ2) is 23.5. The van der Waals surface area contributed by atoms with Crippen LogP contribution >= 0.6 is 0 Å². The van der Waals surface area contributed by atoms with Gasteiger partial charge in [0.25, 0.3) is 5.91 Å². The fourth-order valence-corrected chi connectivity index (χ4v) is 4.77. The van der Waals surface area contributed by atoms with Gasteiger partial charge in [-0.2, -0.15) is 0 Å². The summed E-state index contributed by atoms with van der Waals surface area (Å²) in [5.74, 6) is -0.0166. The van der Waals surface area contributed by atoms with Crippen molar-refractivity contribution in [3.05, 3.63) is 83.9 Å². The third-order valence-corrected chi connectivity index (χ3v) is 7.73. The van der Waals surface area contributed by atoms with Gasteiger partial charge in [-0.05, 0) is 74.6 Å². The van der Waals surface area contributed by atoms with Crippen LogP contribution in [0.5, 0.6) is 5.75 Å². The first-order valence-electron chi connectivity index (χ1n) is 17.2. The van der Waals surface area contributed by atoms with Gasteiger partial charge in [-0.25, -0.2) is 9.97 Å².